The highest BCUT2D eigenvalue weighted by Crippen LogP contribution is 2.23. The van der Waals surface area contributed by atoms with Crippen LogP contribution in [0.15, 0.2) is 48.8 Å². The second kappa shape index (κ2) is 7.45. The van der Waals surface area contributed by atoms with Crippen molar-refractivity contribution in [3.63, 3.8) is 0 Å². The van der Waals surface area contributed by atoms with E-state index in [0.29, 0.717) is 10.8 Å². The van der Waals surface area contributed by atoms with Crippen LogP contribution < -0.4 is 10.6 Å². The van der Waals surface area contributed by atoms with Crippen LogP contribution in [0.2, 0.25) is 5.02 Å². The highest BCUT2D eigenvalue weighted by molar-refractivity contribution is 6.30. The fourth-order valence-corrected chi connectivity index (χ4v) is 2.36. The lowest BCUT2D eigenvalue weighted by molar-refractivity contribution is 0.102. The highest BCUT2D eigenvalue weighted by Gasteiger charge is 2.11. The van der Waals surface area contributed by atoms with Crippen molar-refractivity contribution < 1.29 is 13.6 Å². The molecule has 0 aliphatic rings. The summed E-state index contributed by atoms with van der Waals surface area (Å²) >= 11 is 5.98. The van der Waals surface area contributed by atoms with Crippen LogP contribution in [-0.2, 0) is 0 Å². The maximum Gasteiger partial charge on any atom is 0.274 e. The summed E-state index contributed by atoms with van der Waals surface area (Å²) in [6.07, 6.45) is 1.22. The van der Waals surface area contributed by atoms with Gasteiger partial charge in [0.15, 0.2) is 11.6 Å². The summed E-state index contributed by atoms with van der Waals surface area (Å²) in [5.41, 5.74) is 1.86. The van der Waals surface area contributed by atoms with Crippen LogP contribution >= 0.6 is 11.6 Å². The number of carbonyl (C=O) groups excluding carboxylic acids is 1. The second-order valence-electron chi connectivity index (χ2n) is 5.46. The van der Waals surface area contributed by atoms with Gasteiger partial charge in [-0.2, -0.15) is 0 Å². The Labute approximate surface area is 153 Å². The van der Waals surface area contributed by atoms with Gasteiger partial charge < -0.3 is 10.6 Å². The van der Waals surface area contributed by atoms with Gasteiger partial charge in [-0.05, 0) is 36.8 Å². The average molecular weight is 375 g/mol. The molecule has 0 atom stereocenters. The first-order valence-corrected chi connectivity index (χ1v) is 7.92. The number of hydrogen-bond acceptors (Lipinski definition) is 4. The Morgan fingerprint density at radius 2 is 1.85 bits per heavy atom. The van der Waals surface area contributed by atoms with E-state index in [1.807, 2.05) is 13.0 Å². The fraction of sp³-hybridized carbons (Fsp3) is 0.0556. The quantitative estimate of drug-likeness (QED) is 0.694. The molecule has 8 heteroatoms. The zero-order valence-corrected chi connectivity index (χ0v) is 14.3. The minimum Gasteiger partial charge on any atom is -0.340 e. The summed E-state index contributed by atoms with van der Waals surface area (Å²) in [4.78, 5) is 20.2. The molecule has 0 radical (unpaired) electrons. The molecule has 0 fully saturated rings. The Morgan fingerprint density at radius 3 is 2.62 bits per heavy atom. The number of benzene rings is 2. The molecule has 0 unspecified atom stereocenters. The molecule has 2 aromatic carbocycles. The second-order valence-corrected chi connectivity index (χ2v) is 5.89. The molecular weight excluding hydrogens is 362 g/mol. The Kier molecular flexibility index (Phi) is 5.09. The summed E-state index contributed by atoms with van der Waals surface area (Å²) in [5.74, 6) is -2.23. The maximum absolute atomic E-state index is 13.2. The van der Waals surface area contributed by atoms with E-state index in [1.54, 1.807) is 12.1 Å². The Bertz CT molecular complexity index is 981. The van der Waals surface area contributed by atoms with Gasteiger partial charge in [-0.15, -0.1) is 0 Å². The Morgan fingerprint density at radius 1 is 1.04 bits per heavy atom. The number of aryl methyl sites for hydroxylation is 1. The molecule has 2 N–H and O–H groups in total. The van der Waals surface area contributed by atoms with Gasteiger partial charge in [0.2, 0.25) is 0 Å². The number of carbonyl (C=O) groups is 1. The smallest absolute Gasteiger partial charge is 0.274 e. The van der Waals surface area contributed by atoms with Gasteiger partial charge in [-0.25, -0.2) is 18.7 Å². The van der Waals surface area contributed by atoms with E-state index in [-0.39, 0.29) is 11.4 Å². The number of amides is 1. The van der Waals surface area contributed by atoms with E-state index in [0.717, 1.165) is 23.4 Å². The number of nitrogens with zero attached hydrogens (tertiary/aromatic N) is 2. The number of aromatic nitrogens is 2. The molecule has 132 valence electrons. The van der Waals surface area contributed by atoms with Gasteiger partial charge >= 0.3 is 0 Å². The van der Waals surface area contributed by atoms with E-state index >= 15 is 0 Å². The van der Waals surface area contributed by atoms with E-state index in [9.17, 15) is 13.6 Å². The molecule has 1 amide bonds. The molecule has 5 nitrogen and oxygen atoms in total. The molecule has 1 heterocycles. The van der Waals surface area contributed by atoms with Gasteiger partial charge in [0.25, 0.3) is 5.91 Å². The molecule has 1 aromatic heterocycles. The summed E-state index contributed by atoms with van der Waals surface area (Å²) in [6, 6.07) is 9.87. The molecule has 0 bridgehead atoms. The SMILES string of the molecule is Cc1ccc(Cl)cc1Nc1cc(C(=O)Nc2ccc(F)c(F)c2)ncn1. The fourth-order valence-electron chi connectivity index (χ4n) is 2.19. The summed E-state index contributed by atoms with van der Waals surface area (Å²) in [5, 5.41) is 6.08. The molecule has 3 rings (SSSR count). The lowest BCUT2D eigenvalue weighted by Crippen LogP contribution is -2.14. The summed E-state index contributed by atoms with van der Waals surface area (Å²) in [7, 11) is 0. The molecule has 26 heavy (non-hydrogen) atoms. The van der Waals surface area contributed by atoms with E-state index in [4.69, 9.17) is 11.6 Å². The molecule has 0 saturated carbocycles. The van der Waals surface area contributed by atoms with E-state index in [1.165, 1.54) is 18.5 Å². The molecule has 0 aliphatic carbocycles. The first-order chi connectivity index (χ1) is 12.4. The summed E-state index contributed by atoms with van der Waals surface area (Å²) in [6.45, 7) is 1.90. The van der Waals surface area contributed by atoms with Crippen molar-refractivity contribution in [3.8, 4) is 0 Å². The van der Waals surface area contributed by atoms with Gasteiger partial charge in [0.05, 0.1) is 0 Å². The zero-order valence-electron chi connectivity index (χ0n) is 13.6. The molecular formula is C18H13ClF2N4O. The first kappa shape index (κ1) is 17.8. The first-order valence-electron chi connectivity index (χ1n) is 7.54. The maximum atomic E-state index is 13.2. The number of rotatable bonds is 4. The van der Waals surface area contributed by atoms with Gasteiger partial charge in [0, 0.05) is 28.5 Å². The number of hydrogen-bond donors (Lipinski definition) is 2. The lowest BCUT2D eigenvalue weighted by Gasteiger charge is -2.10. The predicted octanol–water partition coefficient (Wildman–Crippen LogP) is 4.71. The van der Waals surface area contributed by atoms with Crippen molar-refractivity contribution >= 4 is 34.7 Å². The van der Waals surface area contributed by atoms with Crippen LogP contribution in [0.3, 0.4) is 0 Å². The molecule has 0 spiro atoms. The summed E-state index contributed by atoms with van der Waals surface area (Å²) < 4.78 is 26.2. The zero-order chi connectivity index (χ0) is 18.7. The van der Waals surface area contributed by atoms with Crippen LogP contribution in [0, 0.1) is 18.6 Å². The Balaban J connectivity index is 1.78. The molecule has 3 aromatic rings. The van der Waals surface area contributed by atoms with Crippen molar-refractivity contribution in [2.45, 2.75) is 6.92 Å². The normalized spacial score (nSPS) is 10.5. The average Bonchev–Trinajstić information content (AvgIpc) is 2.61. The minimum atomic E-state index is -1.05. The van der Waals surface area contributed by atoms with Crippen molar-refractivity contribution in [2.24, 2.45) is 0 Å². The van der Waals surface area contributed by atoms with Gasteiger partial charge in [-0.1, -0.05) is 17.7 Å². The van der Waals surface area contributed by atoms with Gasteiger partial charge in [-0.3, -0.25) is 4.79 Å². The number of nitrogens with one attached hydrogen (secondary N) is 2. The third kappa shape index (κ3) is 4.12. The van der Waals surface area contributed by atoms with E-state index in [2.05, 4.69) is 20.6 Å². The van der Waals surface area contributed by atoms with Crippen molar-refractivity contribution in [1.82, 2.24) is 9.97 Å². The predicted molar refractivity (Wildman–Crippen MR) is 95.8 cm³/mol. The standard InChI is InChI=1S/C18H13ClF2N4O/c1-10-2-3-11(19)6-15(10)25-17-8-16(22-9-23-17)18(26)24-12-4-5-13(20)14(21)7-12/h2-9H,1H3,(H,24,26)(H,22,23,25). The minimum absolute atomic E-state index is 0.0620. The number of halogens is 3. The number of anilines is 3. The van der Waals surface area contributed by atoms with Crippen LogP contribution in [-0.4, -0.2) is 15.9 Å². The van der Waals surface area contributed by atoms with Crippen LogP contribution in [0.4, 0.5) is 26.0 Å². The monoisotopic (exact) mass is 374 g/mol. The highest BCUT2D eigenvalue weighted by atomic mass is 35.5. The lowest BCUT2D eigenvalue weighted by atomic mass is 10.2. The van der Waals surface area contributed by atoms with Crippen LogP contribution in [0.25, 0.3) is 0 Å². The van der Waals surface area contributed by atoms with Crippen molar-refractivity contribution in [3.05, 3.63) is 76.7 Å². The van der Waals surface area contributed by atoms with E-state index < -0.39 is 17.5 Å². The third-order valence-electron chi connectivity index (χ3n) is 3.54. The third-order valence-corrected chi connectivity index (χ3v) is 3.77. The Hall–Kier alpha value is -3.06. The van der Waals surface area contributed by atoms with Crippen molar-refractivity contribution in [2.75, 3.05) is 10.6 Å². The van der Waals surface area contributed by atoms with Gasteiger partial charge in [0.1, 0.15) is 17.8 Å². The van der Waals surface area contributed by atoms with Crippen LogP contribution in [0.1, 0.15) is 16.1 Å². The molecule has 0 aliphatic heterocycles. The largest absolute Gasteiger partial charge is 0.340 e. The van der Waals surface area contributed by atoms with Crippen molar-refractivity contribution in [1.29, 1.82) is 0 Å². The topological polar surface area (TPSA) is 66.9 Å². The van der Waals surface area contributed by atoms with Crippen LogP contribution in [0.5, 0.6) is 0 Å². The molecule has 0 saturated heterocycles.